The number of fused-ring (bicyclic) bond motifs is 1. The number of ether oxygens (including phenoxy) is 2. The highest BCUT2D eigenvalue weighted by Crippen LogP contribution is 2.32. The number of aromatic nitrogens is 1. The van der Waals surface area contributed by atoms with E-state index in [1.807, 2.05) is 57.2 Å². The van der Waals surface area contributed by atoms with Crippen molar-refractivity contribution >= 4 is 5.91 Å². The molecule has 1 aliphatic heterocycles. The van der Waals surface area contributed by atoms with Crippen molar-refractivity contribution in [2.45, 2.75) is 33.4 Å². The highest BCUT2D eigenvalue weighted by molar-refractivity contribution is 5.96. The molecule has 0 radical (unpaired) electrons. The van der Waals surface area contributed by atoms with Gasteiger partial charge in [-0.1, -0.05) is 6.07 Å². The van der Waals surface area contributed by atoms with Crippen LogP contribution in [0.15, 0.2) is 47.1 Å². The van der Waals surface area contributed by atoms with Gasteiger partial charge in [-0.2, -0.15) is 0 Å². The fourth-order valence-electron chi connectivity index (χ4n) is 3.52. The number of furan rings is 1. The molecule has 0 saturated carbocycles. The van der Waals surface area contributed by atoms with Gasteiger partial charge in [-0.25, -0.2) is 0 Å². The molecule has 6 heteroatoms. The third-order valence-corrected chi connectivity index (χ3v) is 5.13. The van der Waals surface area contributed by atoms with Crippen LogP contribution in [0, 0.1) is 13.8 Å². The summed E-state index contributed by atoms with van der Waals surface area (Å²) in [5.74, 6) is 2.23. The zero-order valence-corrected chi connectivity index (χ0v) is 16.3. The number of hydrogen-bond acceptors (Lipinski definition) is 4. The third-order valence-electron chi connectivity index (χ3n) is 5.13. The van der Waals surface area contributed by atoms with E-state index in [1.165, 1.54) is 0 Å². The molecule has 1 aliphatic rings. The van der Waals surface area contributed by atoms with Gasteiger partial charge in [-0.15, -0.1) is 0 Å². The molecule has 3 aromatic rings. The van der Waals surface area contributed by atoms with E-state index in [9.17, 15) is 4.79 Å². The van der Waals surface area contributed by atoms with Crippen LogP contribution in [0.5, 0.6) is 11.5 Å². The molecule has 0 bridgehead atoms. The smallest absolute Gasteiger partial charge is 0.253 e. The van der Waals surface area contributed by atoms with Crippen LogP contribution in [-0.4, -0.2) is 23.7 Å². The first-order valence-electron chi connectivity index (χ1n) is 9.42. The molecule has 0 aliphatic carbocycles. The monoisotopic (exact) mass is 380 g/mol. The number of carbonyl (C=O) groups excluding carboxylic acids is 1. The molecule has 1 amide bonds. The van der Waals surface area contributed by atoms with Crippen molar-refractivity contribution < 1.29 is 18.7 Å². The molecule has 0 spiro atoms. The van der Waals surface area contributed by atoms with E-state index in [1.54, 1.807) is 6.26 Å². The second kappa shape index (κ2) is 7.46. The van der Waals surface area contributed by atoms with Gasteiger partial charge in [-0.05, 0) is 56.7 Å². The number of aryl methyl sites for hydroxylation is 1. The van der Waals surface area contributed by atoms with Crippen molar-refractivity contribution in [3.8, 4) is 11.5 Å². The predicted molar refractivity (Wildman–Crippen MR) is 105 cm³/mol. The van der Waals surface area contributed by atoms with Crippen LogP contribution in [-0.2, 0) is 6.54 Å². The first-order chi connectivity index (χ1) is 13.5. The van der Waals surface area contributed by atoms with E-state index in [4.69, 9.17) is 13.9 Å². The van der Waals surface area contributed by atoms with E-state index in [2.05, 4.69) is 9.88 Å². The summed E-state index contributed by atoms with van der Waals surface area (Å²) in [4.78, 5) is 12.9. The van der Waals surface area contributed by atoms with Gasteiger partial charge in [0.25, 0.3) is 5.91 Å². The fourth-order valence-corrected chi connectivity index (χ4v) is 3.52. The Morgan fingerprint density at radius 1 is 1.14 bits per heavy atom. The van der Waals surface area contributed by atoms with Gasteiger partial charge in [0.2, 0.25) is 0 Å². The molecule has 3 heterocycles. The van der Waals surface area contributed by atoms with E-state index >= 15 is 0 Å². The normalized spacial score (nSPS) is 14.0. The van der Waals surface area contributed by atoms with Crippen molar-refractivity contribution in [1.29, 1.82) is 0 Å². The molecule has 2 aromatic heterocycles. The number of amides is 1. The standard InChI is InChI=1S/C22H24N2O4/c1-14-11-19(16(3)24(14)13-18-5-4-8-26-18)22(25)23-15(2)17-6-7-20-21(12-17)28-10-9-27-20/h4-8,11-12,15H,9-10,13H2,1-3H3,(H,23,25). The van der Waals surface area contributed by atoms with Crippen molar-refractivity contribution in [3.63, 3.8) is 0 Å². The van der Waals surface area contributed by atoms with Crippen LogP contribution in [0.4, 0.5) is 0 Å². The van der Waals surface area contributed by atoms with E-state index < -0.39 is 0 Å². The summed E-state index contributed by atoms with van der Waals surface area (Å²) >= 11 is 0. The SMILES string of the molecule is Cc1cc(C(=O)NC(C)c2ccc3c(c2)OCCO3)c(C)n1Cc1ccco1. The lowest BCUT2D eigenvalue weighted by Crippen LogP contribution is -2.27. The molecule has 6 nitrogen and oxygen atoms in total. The largest absolute Gasteiger partial charge is 0.486 e. The molecule has 1 atom stereocenters. The molecule has 0 fully saturated rings. The second-order valence-corrected chi connectivity index (χ2v) is 7.05. The lowest BCUT2D eigenvalue weighted by molar-refractivity contribution is 0.0939. The van der Waals surface area contributed by atoms with E-state index in [-0.39, 0.29) is 11.9 Å². The first kappa shape index (κ1) is 18.2. The van der Waals surface area contributed by atoms with Crippen LogP contribution >= 0.6 is 0 Å². The molecular weight excluding hydrogens is 356 g/mol. The first-order valence-corrected chi connectivity index (χ1v) is 9.42. The number of nitrogens with one attached hydrogen (secondary N) is 1. The van der Waals surface area contributed by atoms with Crippen LogP contribution in [0.1, 0.15) is 46.0 Å². The number of carbonyl (C=O) groups is 1. The minimum atomic E-state index is -0.156. The number of nitrogens with zero attached hydrogens (tertiary/aromatic N) is 1. The predicted octanol–water partition coefficient (Wildman–Crippen LogP) is 4.01. The van der Waals surface area contributed by atoms with Crippen LogP contribution < -0.4 is 14.8 Å². The summed E-state index contributed by atoms with van der Waals surface area (Å²) in [5.41, 5.74) is 3.59. The molecule has 0 saturated heterocycles. The van der Waals surface area contributed by atoms with Crippen molar-refractivity contribution in [2.75, 3.05) is 13.2 Å². The Kier molecular flexibility index (Phi) is 4.86. The van der Waals surface area contributed by atoms with Crippen LogP contribution in [0.3, 0.4) is 0 Å². The minimum absolute atomic E-state index is 0.0961. The van der Waals surface area contributed by atoms with Crippen molar-refractivity contribution in [2.24, 2.45) is 0 Å². The maximum absolute atomic E-state index is 12.9. The Balaban J connectivity index is 1.50. The number of hydrogen-bond donors (Lipinski definition) is 1. The van der Waals surface area contributed by atoms with Crippen molar-refractivity contribution in [1.82, 2.24) is 9.88 Å². The fraction of sp³-hybridized carbons (Fsp3) is 0.318. The number of benzene rings is 1. The molecular formula is C22H24N2O4. The summed E-state index contributed by atoms with van der Waals surface area (Å²) in [7, 11) is 0. The number of rotatable bonds is 5. The van der Waals surface area contributed by atoms with Crippen molar-refractivity contribution in [3.05, 3.63) is 70.9 Å². The minimum Gasteiger partial charge on any atom is -0.486 e. The molecule has 146 valence electrons. The van der Waals surface area contributed by atoms with Gasteiger partial charge in [0.15, 0.2) is 11.5 Å². The quantitative estimate of drug-likeness (QED) is 0.726. The molecule has 1 aromatic carbocycles. The summed E-state index contributed by atoms with van der Waals surface area (Å²) < 4.78 is 18.7. The van der Waals surface area contributed by atoms with Crippen LogP contribution in [0.2, 0.25) is 0 Å². The lowest BCUT2D eigenvalue weighted by atomic mass is 10.1. The molecule has 28 heavy (non-hydrogen) atoms. The Bertz CT molecular complexity index is 988. The average Bonchev–Trinajstić information content (AvgIpc) is 3.31. The zero-order chi connectivity index (χ0) is 19.7. The molecule has 1 unspecified atom stereocenters. The highest BCUT2D eigenvalue weighted by atomic mass is 16.6. The Hall–Kier alpha value is -3.15. The summed E-state index contributed by atoms with van der Waals surface area (Å²) in [6.07, 6.45) is 1.66. The Labute approximate surface area is 164 Å². The topological polar surface area (TPSA) is 65.6 Å². The summed E-state index contributed by atoms with van der Waals surface area (Å²) in [6, 6.07) is 11.3. The Morgan fingerprint density at radius 2 is 1.93 bits per heavy atom. The van der Waals surface area contributed by atoms with Crippen LogP contribution in [0.25, 0.3) is 0 Å². The second-order valence-electron chi connectivity index (χ2n) is 7.05. The van der Waals surface area contributed by atoms with Gasteiger partial charge in [0.05, 0.1) is 24.4 Å². The zero-order valence-electron chi connectivity index (χ0n) is 16.3. The third kappa shape index (κ3) is 3.50. The van der Waals surface area contributed by atoms with E-state index in [0.29, 0.717) is 25.3 Å². The van der Waals surface area contributed by atoms with E-state index in [0.717, 1.165) is 34.2 Å². The van der Waals surface area contributed by atoms with Gasteiger partial charge in [-0.3, -0.25) is 4.79 Å². The summed E-state index contributed by atoms with van der Waals surface area (Å²) in [6.45, 7) is 7.63. The summed E-state index contributed by atoms with van der Waals surface area (Å²) in [5, 5.41) is 3.09. The highest BCUT2D eigenvalue weighted by Gasteiger charge is 2.20. The Morgan fingerprint density at radius 3 is 2.68 bits per heavy atom. The lowest BCUT2D eigenvalue weighted by Gasteiger charge is -2.21. The van der Waals surface area contributed by atoms with Gasteiger partial charge >= 0.3 is 0 Å². The average molecular weight is 380 g/mol. The molecule has 1 N–H and O–H groups in total. The molecule has 4 rings (SSSR count). The maximum Gasteiger partial charge on any atom is 0.253 e. The maximum atomic E-state index is 12.9. The van der Waals surface area contributed by atoms with Gasteiger partial charge in [0, 0.05) is 11.4 Å². The van der Waals surface area contributed by atoms with Gasteiger partial charge < -0.3 is 23.8 Å². The van der Waals surface area contributed by atoms with Gasteiger partial charge in [0.1, 0.15) is 19.0 Å².